The molecule has 0 saturated carbocycles. The largest absolute Gasteiger partial charge is 0.464 e. The number of nitrogens with zero attached hydrogens (tertiary/aromatic N) is 1. The van der Waals surface area contributed by atoms with E-state index < -0.39 is 0 Å². The minimum atomic E-state index is -0.266. The third kappa shape index (κ3) is 5.85. The van der Waals surface area contributed by atoms with E-state index in [0.29, 0.717) is 25.1 Å². The summed E-state index contributed by atoms with van der Waals surface area (Å²) >= 11 is 3.91. The molecule has 0 bridgehead atoms. The van der Waals surface area contributed by atoms with Gasteiger partial charge in [-0.05, 0) is 0 Å². The molecule has 1 amide bonds. The average molecular weight is 219 g/mol. The Kier molecular flexibility index (Phi) is 7.28. The molecule has 0 spiro atoms. The van der Waals surface area contributed by atoms with E-state index in [9.17, 15) is 9.59 Å². The standard InChI is InChI=1S/C9H17NO3S/c1-3-8(11)10(2)5-6-13-9(12)4-7-14/h14H,3-7H2,1-2H3. The summed E-state index contributed by atoms with van der Waals surface area (Å²) in [6, 6.07) is 0. The molecule has 14 heavy (non-hydrogen) atoms. The van der Waals surface area contributed by atoms with Crippen molar-refractivity contribution in [3.8, 4) is 0 Å². The summed E-state index contributed by atoms with van der Waals surface area (Å²) in [5, 5.41) is 0. The van der Waals surface area contributed by atoms with E-state index in [1.165, 1.54) is 0 Å². The van der Waals surface area contributed by atoms with E-state index in [-0.39, 0.29) is 18.5 Å². The topological polar surface area (TPSA) is 46.6 Å². The summed E-state index contributed by atoms with van der Waals surface area (Å²) in [5.74, 6) is 0.273. The molecule has 0 unspecified atom stereocenters. The lowest BCUT2D eigenvalue weighted by atomic mass is 10.4. The fraction of sp³-hybridized carbons (Fsp3) is 0.778. The van der Waals surface area contributed by atoms with Crippen molar-refractivity contribution in [2.24, 2.45) is 0 Å². The van der Waals surface area contributed by atoms with Gasteiger partial charge in [0.05, 0.1) is 13.0 Å². The molecule has 0 rings (SSSR count). The van der Waals surface area contributed by atoms with Crippen LogP contribution < -0.4 is 0 Å². The van der Waals surface area contributed by atoms with Gasteiger partial charge in [-0.15, -0.1) is 0 Å². The lowest BCUT2D eigenvalue weighted by Crippen LogP contribution is -2.30. The molecular weight excluding hydrogens is 202 g/mol. The van der Waals surface area contributed by atoms with Crippen molar-refractivity contribution in [1.29, 1.82) is 0 Å². The summed E-state index contributed by atoms with van der Waals surface area (Å²) in [7, 11) is 1.69. The van der Waals surface area contributed by atoms with Gasteiger partial charge in [0.2, 0.25) is 5.91 Å². The third-order valence-electron chi connectivity index (χ3n) is 1.73. The first-order valence-corrected chi connectivity index (χ1v) is 5.25. The number of carbonyl (C=O) groups is 2. The Morgan fingerprint density at radius 1 is 1.43 bits per heavy atom. The zero-order valence-electron chi connectivity index (χ0n) is 8.65. The zero-order valence-corrected chi connectivity index (χ0v) is 9.55. The molecule has 0 aromatic carbocycles. The minimum Gasteiger partial charge on any atom is -0.464 e. The Morgan fingerprint density at radius 3 is 2.57 bits per heavy atom. The Bertz CT molecular complexity index is 196. The van der Waals surface area contributed by atoms with Crippen molar-refractivity contribution in [3.05, 3.63) is 0 Å². The van der Waals surface area contributed by atoms with Gasteiger partial charge in [-0.2, -0.15) is 12.6 Å². The van der Waals surface area contributed by atoms with Gasteiger partial charge < -0.3 is 9.64 Å². The lowest BCUT2D eigenvalue weighted by Gasteiger charge is -2.15. The van der Waals surface area contributed by atoms with E-state index in [0.717, 1.165) is 0 Å². The highest BCUT2D eigenvalue weighted by Crippen LogP contribution is 1.92. The number of rotatable bonds is 6. The SMILES string of the molecule is CCC(=O)N(C)CCOC(=O)CCS. The Morgan fingerprint density at radius 2 is 2.07 bits per heavy atom. The molecule has 0 aromatic heterocycles. The number of amides is 1. The molecule has 0 saturated heterocycles. The van der Waals surface area contributed by atoms with Gasteiger partial charge in [0.25, 0.3) is 0 Å². The van der Waals surface area contributed by atoms with Crippen molar-refractivity contribution >= 4 is 24.5 Å². The predicted octanol–water partition coefficient (Wildman–Crippen LogP) is 0.718. The quantitative estimate of drug-likeness (QED) is 0.529. The first kappa shape index (κ1) is 13.3. The molecule has 0 aliphatic carbocycles. The van der Waals surface area contributed by atoms with Crippen LogP contribution in [0.1, 0.15) is 19.8 Å². The number of thiol groups is 1. The monoisotopic (exact) mass is 219 g/mol. The van der Waals surface area contributed by atoms with Crippen LogP contribution in [0.25, 0.3) is 0 Å². The molecule has 82 valence electrons. The highest BCUT2D eigenvalue weighted by atomic mass is 32.1. The van der Waals surface area contributed by atoms with E-state index in [4.69, 9.17) is 4.74 Å². The molecule has 0 N–H and O–H groups in total. The van der Waals surface area contributed by atoms with E-state index in [1.54, 1.807) is 18.9 Å². The highest BCUT2D eigenvalue weighted by Gasteiger charge is 2.06. The van der Waals surface area contributed by atoms with Gasteiger partial charge in [-0.1, -0.05) is 6.92 Å². The van der Waals surface area contributed by atoms with Gasteiger partial charge in [0.1, 0.15) is 6.61 Å². The summed E-state index contributed by atoms with van der Waals surface area (Å²) in [4.78, 5) is 23.5. The second kappa shape index (κ2) is 7.67. The Balaban J connectivity index is 3.53. The molecule has 0 fully saturated rings. The fourth-order valence-corrected chi connectivity index (χ4v) is 1.04. The van der Waals surface area contributed by atoms with Crippen LogP contribution in [-0.4, -0.2) is 42.7 Å². The maximum atomic E-state index is 11.1. The maximum absolute atomic E-state index is 11.1. The van der Waals surface area contributed by atoms with E-state index in [2.05, 4.69) is 12.6 Å². The second-order valence-corrected chi connectivity index (χ2v) is 3.31. The molecular formula is C9H17NO3S. The summed E-state index contributed by atoms with van der Waals surface area (Å²) < 4.78 is 4.87. The third-order valence-corrected chi connectivity index (χ3v) is 1.96. The number of carbonyl (C=O) groups excluding carboxylic acids is 2. The van der Waals surface area contributed by atoms with E-state index >= 15 is 0 Å². The Hall–Kier alpha value is -0.710. The van der Waals surface area contributed by atoms with Crippen LogP contribution in [0.5, 0.6) is 0 Å². The van der Waals surface area contributed by atoms with Crippen LogP contribution in [-0.2, 0) is 14.3 Å². The number of hydrogen-bond donors (Lipinski definition) is 1. The van der Waals surface area contributed by atoms with Crippen LogP contribution in [0.2, 0.25) is 0 Å². The molecule has 0 radical (unpaired) electrons. The summed E-state index contributed by atoms with van der Waals surface area (Å²) in [6.45, 7) is 2.51. The first-order valence-electron chi connectivity index (χ1n) is 4.62. The Labute approximate surface area is 90.0 Å². The number of esters is 1. The molecule has 0 heterocycles. The molecule has 0 aliphatic heterocycles. The molecule has 5 heteroatoms. The van der Waals surface area contributed by atoms with E-state index in [1.807, 2.05) is 0 Å². The average Bonchev–Trinajstić information content (AvgIpc) is 2.16. The smallest absolute Gasteiger partial charge is 0.306 e. The lowest BCUT2D eigenvalue weighted by molar-refractivity contribution is -0.145. The second-order valence-electron chi connectivity index (χ2n) is 2.86. The number of likely N-dealkylation sites (N-methyl/N-ethyl adjacent to an activating group) is 1. The summed E-state index contributed by atoms with van der Waals surface area (Å²) in [6.07, 6.45) is 0.787. The van der Waals surface area contributed by atoms with Gasteiger partial charge >= 0.3 is 5.97 Å². The molecule has 0 atom stereocenters. The zero-order chi connectivity index (χ0) is 11.0. The van der Waals surface area contributed by atoms with Crippen LogP contribution >= 0.6 is 12.6 Å². The van der Waals surface area contributed by atoms with Crippen LogP contribution in [0.3, 0.4) is 0 Å². The van der Waals surface area contributed by atoms with Gasteiger partial charge in [0.15, 0.2) is 0 Å². The fourth-order valence-electron chi connectivity index (χ4n) is 0.854. The normalized spacial score (nSPS) is 9.64. The highest BCUT2D eigenvalue weighted by molar-refractivity contribution is 7.80. The van der Waals surface area contributed by atoms with Crippen molar-refractivity contribution in [3.63, 3.8) is 0 Å². The van der Waals surface area contributed by atoms with Crippen LogP contribution in [0.15, 0.2) is 0 Å². The number of ether oxygens (including phenoxy) is 1. The maximum Gasteiger partial charge on any atom is 0.306 e. The molecule has 4 nitrogen and oxygen atoms in total. The number of hydrogen-bond acceptors (Lipinski definition) is 4. The van der Waals surface area contributed by atoms with Crippen molar-refractivity contribution in [2.75, 3.05) is 26.0 Å². The van der Waals surface area contributed by atoms with Crippen LogP contribution in [0.4, 0.5) is 0 Å². The van der Waals surface area contributed by atoms with Crippen molar-refractivity contribution in [1.82, 2.24) is 4.90 Å². The van der Waals surface area contributed by atoms with Crippen molar-refractivity contribution in [2.45, 2.75) is 19.8 Å². The van der Waals surface area contributed by atoms with Gasteiger partial charge in [-0.3, -0.25) is 9.59 Å². The van der Waals surface area contributed by atoms with Gasteiger partial charge in [-0.25, -0.2) is 0 Å². The van der Waals surface area contributed by atoms with Crippen LogP contribution in [0, 0.1) is 0 Å². The predicted molar refractivity (Wildman–Crippen MR) is 57.4 cm³/mol. The molecule has 0 aliphatic rings. The summed E-state index contributed by atoms with van der Waals surface area (Å²) in [5.41, 5.74) is 0. The molecule has 0 aromatic rings. The minimum absolute atomic E-state index is 0.0512. The van der Waals surface area contributed by atoms with Crippen molar-refractivity contribution < 1.29 is 14.3 Å². The first-order chi connectivity index (χ1) is 6.61. The van der Waals surface area contributed by atoms with Gasteiger partial charge in [0, 0.05) is 19.2 Å².